The predicted octanol–water partition coefficient (Wildman–Crippen LogP) is 1.13. The van der Waals surface area contributed by atoms with Crippen LogP contribution in [0.2, 0.25) is 0 Å². The van der Waals surface area contributed by atoms with Crippen molar-refractivity contribution in [2.24, 2.45) is 23.7 Å². The first-order chi connectivity index (χ1) is 8.70. The van der Waals surface area contributed by atoms with Crippen molar-refractivity contribution < 1.29 is 49.9 Å². The van der Waals surface area contributed by atoms with Gasteiger partial charge >= 0.3 is 145 Å². The van der Waals surface area contributed by atoms with E-state index in [2.05, 4.69) is 57.4 Å². The number of hydrogen-bond donors (Lipinski definition) is 0. The van der Waals surface area contributed by atoms with Crippen LogP contribution in [-0.2, 0) is 0 Å². The molecule has 0 aromatic heterocycles. The first-order valence-corrected chi connectivity index (χ1v) is 10.8. The van der Waals surface area contributed by atoms with Gasteiger partial charge in [0.1, 0.15) is 0 Å². The zero-order chi connectivity index (χ0) is 15.0. The summed E-state index contributed by atoms with van der Waals surface area (Å²) >= 11 is -0.824. The van der Waals surface area contributed by atoms with E-state index in [-0.39, 0.29) is 12.4 Å². The number of hydrogen-bond acceptors (Lipinski definition) is 2. The minimum absolute atomic E-state index is 0. The van der Waals surface area contributed by atoms with E-state index in [1.54, 1.807) is 0 Å². The number of nitrogens with zero attached hydrogens (tertiary/aromatic N) is 2. The third-order valence-corrected chi connectivity index (χ3v) is 6.78. The van der Waals surface area contributed by atoms with Crippen LogP contribution in [-0.4, -0.2) is 28.1 Å². The second-order valence-corrected chi connectivity index (χ2v) is 12.2. The normalized spacial score (nSPS) is 11.9. The van der Waals surface area contributed by atoms with Crippen LogP contribution in [0.1, 0.15) is 55.4 Å². The maximum Gasteiger partial charge on any atom is -1.00 e. The smallest absolute Gasteiger partial charge is 1.00 e. The standard InChI is InChI=1S/2C8H18N.ClH.Nd/c2*1-7(2)5-9-6-8(3)4;;/h2*7-8H,5-6H2,1-4H3;1H;/q2*-1;;+3/p-1. The summed E-state index contributed by atoms with van der Waals surface area (Å²) in [5.41, 5.74) is 0. The molecule has 0 N–H and O–H groups in total. The van der Waals surface area contributed by atoms with Crippen molar-refractivity contribution in [1.29, 1.82) is 0 Å². The summed E-state index contributed by atoms with van der Waals surface area (Å²) < 4.78 is 5.67. The van der Waals surface area contributed by atoms with Gasteiger partial charge in [0, 0.05) is 0 Å². The molecule has 0 rings (SSSR count). The Balaban J connectivity index is 0. The first-order valence-electron chi connectivity index (χ1n) is 7.96. The third-order valence-electron chi connectivity index (χ3n) is 2.62. The quantitative estimate of drug-likeness (QED) is 0.507. The van der Waals surface area contributed by atoms with Crippen LogP contribution in [0.3, 0.4) is 0 Å². The third kappa shape index (κ3) is 14.5. The van der Waals surface area contributed by atoms with E-state index in [0.717, 1.165) is 23.7 Å². The topological polar surface area (TPSA) is 6.48 Å². The molecule has 4 heteroatoms. The Kier molecular flexibility index (Phi) is 15.5. The molecular weight excluding hydrogens is 400 g/mol. The SMILES string of the molecule is CC(C)C[N](CC(C)C)[Nd+][N](CC(C)C)CC(C)C.[Cl-]. The Morgan fingerprint density at radius 3 is 0.900 bits per heavy atom. The molecule has 0 aromatic rings. The molecule has 0 atom stereocenters. The van der Waals surface area contributed by atoms with Gasteiger partial charge in [-0.2, -0.15) is 0 Å². The number of halogens is 1. The molecule has 0 bridgehead atoms. The Hall–Kier alpha value is 1.56. The summed E-state index contributed by atoms with van der Waals surface area (Å²) in [7, 11) is 0. The molecular formula is C16H36ClN2Nd. The van der Waals surface area contributed by atoms with E-state index in [9.17, 15) is 0 Å². The van der Waals surface area contributed by atoms with Gasteiger partial charge in [0.2, 0.25) is 0 Å². The molecule has 0 radical (unpaired) electrons. The van der Waals surface area contributed by atoms with Crippen LogP contribution in [0.4, 0.5) is 0 Å². The fourth-order valence-electron chi connectivity index (χ4n) is 2.28. The molecule has 20 heavy (non-hydrogen) atoms. The van der Waals surface area contributed by atoms with Gasteiger partial charge in [0.15, 0.2) is 0 Å². The van der Waals surface area contributed by atoms with Crippen LogP contribution < -0.4 is 12.4 Å². The minimum atomic E-state index is -0.824. The summed E-state index contributed by atoms with van der Waals surface area (Å²) in [6.07, 6.45) is 0. The van der Waals surface area contributed by atoms with Crippen molar-refractivity contribution in [1.82, 2.24) is 1.97 Å². The van der Waals surface area contributed by atoms with Crippen molar-refractivity contribution in [3.8, 4) is 0 Å². The van der Waals surface area contributed by atoms with E-state index in [4.69, 9.17) is 0 Å². The van der Waals surface area contributed by atoms with E-state index >= 15 is 0 Å². The maximum absolute atomic E-state index is 2.83. The molecule has 121 valence electrons. The van der Waals surface area contributed by atoms with Gasteiger partial charge in [-0.25, -0.2) is 0 Å². The zero-order valence-corrected chi connectivity index (χ0v) is 18.9. The monoisotopic (exact) mass is 433 g/mol. The molecule has 0 aromatic carbocycles. The molecule has 0 heterocycles. The van der Waals surface area contributed by atoms with Crippen molar-refractivity contribution in [2.75, 3.05) is 26.2 Å². The molecule has 0 aliphatic carbocycles. The van der Waals surface area contributed by atoms with Gasteiger partial charge < -0.3 is 12.4 Å². The van der Waals surface area contributed by atoms with Gasteiger partial charge in [0.05, 0.1) is 0 Å². The second-order valence-electron chi connectivity index (χ2n) is 7.49. The van der Waals surface area contributed by atoms with Crippen LogP contribution in [0, 0.1) is 61.2 Å². The molecule has 0 unspecified atom stereocenters. The van der Waals surface area contributed by atoms with Gasteiger partial charge in [0.25, 0.3) is 0 Å². The summed E-state index contributed by atoms with van der Waals surface area (Å²) in [5, 5.41) is 0. The average Bonchev–Trinajstić information content (AvgIpc) is 2.11. The van der Waals surface area contributed by atoms with Crippen LogP contribution in [0.25, 0.3) is 0 Å². The van der Waals surface area contributed by atoms with Gasteiger partial charge in [-0.05, 0) is 0 Å². The molecule has 0 aliphatic heterocycles. The Labute approximate surface area is 155 Å². The zero-order valence-electron chi connectivity index (χ0n) is 14.9. The predicted molar refractivity (Wildman–Crippen MR) is 82.5 cm³/mol. The molecule has 0 amide bonds. The molecule has 0 spiro atoms. The molecule has 0 saturated carbocycles. The largest absolute Gasteiger partial charge is 1.00 e. The minimum Gasteiger partial charge on any atom is -1.00 e. The van der Waals surface area contributed by atoms with Crippen molar-refractivity contribution >= 4 is 0 Å². The van der Waals surface area contributed by atoms with Crippen LogP contribution in [0.5, 0.6) is 0 Å². The first kappa shape index (κ1) is 23.8. The van der Waals surface area contributed by atoms with Crippen LogP contribution >= 0.6 is 0 Å². The Bertz CT molecular complexity index is 179. The molecule has 0 saturated heterocycles. The summed E-state index contributed by atoms with van der Waals surface area (Å²) in [5.74, 6) is 3.19. The average molecular weight is 436 g/mol. The van der Waals surface area contributed by atoms with Gasteiger partial charge in [-0.15, -0.1) is 0 Å². The van der Waals surface area contributed by atoms with Gasteiger partial charge in [-0.1, -0.05) is 0 Å². The van der Waals surface area contributed by atoms with Crippen molar-refractivity contribution in [3.05, 3.63) is 0 Å². The number of rotatable bonds is 10. The Morgan fingerprint density at radius 1 is 0.550 bits per heavy atom. The summed E-state index contributed by atoms with van der Waals surface area (Å²) in [6.45, 7) is 24.0. The molecule has 0 fully saturated rings. The second kappa shape index (κ2) is 13.0. The summed E-state index contributed by atoms with van der Waals surface area (Å²) in [4.78, 5) is 0. The maximum atomic E-state index is 2.83. The van der Waals surface area contributed by atoms with Crippen LogP contribution in [0.15, 0.2) is 0 Å². The van der Waals surface area contributed by atoms with Gasteiger partial charge in [-0.3, -0.25) is 0 Å². The Morgan fingerprint density at radius 2 is 0.750 bits per heavy atom. The molecule has 0 aliphatic rings. The fourth-order valence-corrected chi connectivity index (χ4v) is 9.29. The molecule has 2 nitrogen and oxygen atoms in total. The van der Waals surface area contributed by atoms with Crippen molar-refractivity contribution in [2.45, 2.75) is 55.4 Å². The fraction of sp³-hybridized carbons (Fsp3) is 1.00. The van der Waals surface area contributed by atoms with E-state index < -0.39 is 37.5 Å². The summed E-state index contributed by atoms with van der Waals surface area (Å²) in [6, 6.07) is 0. The van der Waals surface area contributed by atoms with Crippen molar-refractivity contribution in [3.63, 3.8) is 0 Å². The van der Waals surface area contributed by atoms with E-state index in [0.29, 0.717) is 0 Å². The van der Waals surface area contributed by atoms with E-state index in [1.807, 2.05) is 0 Å². The van der Waals surface area contributed by atoms with E-state index in [1.165, 1.54) is 26.2 Å².